The molecule has 2 fully saturated rings. The number of piperazine rings is 1. The monoisotopic (exact) mass is 581 g/mol. The van der Waals surface area contributed by atoms with Crippen LogP contribution in [0.5, 0.6) is 0 Å². The van der Waals surface area contributed by atoms with Crippen LogP contribution in [0.1, 0.15) is 35.2 Å². The normalized spacial score (nSPS) is 18.0. The Labute approximate surface area is 249 Å². The van der Waals surface area contributed by atoms with Gasteiger partial charge >= 0.3 is 0 Å². The number of benzene rings is 2. The highest BCUT2D eigenvalue weighted by Crippen LogP contribution is 2.38. The van der Waals surface area contributed by atoms with E-state index >= 15 is 0 Å². The molecule has 1 amide bonds. The minimum atomic E-state index is -0.217. The maximum absolute atomic E-state index is 13.9. The number of carbonyl (C=O) groups is 1. The molecule has 41 heavy (non-hydrogen) atoms. The molecular weight excluding hydrogens is 551 g/mol. The van der Waals surface area contributed by atoms with Gasteiger partial charge in [-0.05, 0) is 42.7 Å². The molecule has 0 saturated carbocycles. The highest BCUT2D eigenvalue weighted by Gasteiger charge is 2.36. The highest BCUT2D eigenvalue weighted by atomic mass is 32.2. The van der Waals surface area contributed by atoms with Gasteiger partial charge in [-0.1, -0.05) is 90.7 Å². The number of anilines is 1. The van der Waals surface area contributed by atoms with Gasteiger partial charge in [0, 0.05) is 38.9 Å². The zero-order valence-electron chi connectivity index (χ0n) is 23.1. The molecule has 9 heteroatoms. The predicted molar refractivity (Wildman–Crippen MR) is 170 cm³/mol. The number of thiocarbonyl (C=S) groups is 1. The number of fused-ring (bicyclic) bond motifs is 1. The summed E-state index contributed by atoms with van der Waals surface area (Å²) in [5, 5.41) is 0. The third-order valence-electron chi connectivity index (χ3n) is 7.67. The zero-order valence-corrected chi connectivity index (χ0v) is 24.7. The molecule has 2 aliphatic rings. The molecule has 2 aromatic heterocycles. The van der Waals surface area contributed by atoms with Crippen LogP contribution in [0.15, 0.2) is 88.7 Å². The van der Waals surface area contributed by atoms with Crippen LogP contribution in [0.2, 0.25) is 0 Å². The van der Waals surface area contributed by atoms with Gasteiger partial charge in [0.15, 0.2) is 0 Å². The molecule has 0 N–H and O–H groups in total. The summed E-state index contributed by atoms with van der Waals surface area (Å²) in [6.07, 6.45) is 3.50. The highest BCUT2D eigenvalue weighted by molar-refractivity contribution is 8.26. The molecule has 0 aliphatic carbocycles. The third kappa shape index (κ3) is 5.57. The smallest absolute Gasteiger partial charge is 0.267 e. The van der Waals surface area contributed by atoms with Gasteiger partial charge in [-0.3, -0.25) is 23.8 Å². The van der Waals surface area contributed by atoms with E-state index in [0.717, 1.165) is 43.9 Å². The lowest BCUT2D eigenvalue weighted by Gasteiger charge is -2.36. The zero-order chi connectivity index (χ0) is 28.5. The van der Waals surface area contributed by atoms with Gasteiger partial charge in [0.2, 0.25) is 0 Å². The Hall–Kier alpha value is -3.79. The standard InChI is InChI=1S/C32H31N5O2S2/c1-22-13-14-28-33-29(35-17-15-34(16-18-35)21-24-9-5-3-6-10-24)26(30(38)36(28)20-22)19-27-31(39)37(32(40)41-27)23(2)25-11-7-4-8-12-25/h3-14,19-20,23H,15-18,21H2,1-2H3/b27-19-/t23-/m1/s1. The second-order valence-corrected chi connectivity index (χ2v) is 12.2. The molecule has 2 aliphatic heterocycles. The first-order valence-electron chi connectivity index (χ1n) is 13.8. The van der Waals surface area contributed by atoms with Gasteiger partial charge in [0.1, 0.15) is 15.8 Å². The van der Waals surface area contributed by atoms with Crippen LogP contribution in [-0.2, 0) is 11.3 Å². The fourth-order valence-electron chi connectivity index (χ4n) is 5.40. The SMILES string of the molecule is Cc1ccc2nc(N3CCN(Cc4ccccc4)CC3)c(/C=C3\SC(=S)N([C@H](C)c4ccccc4)C3=O)c(=O)n2c1. The van der Waals surface area contributed by atoms with Gasteiger partial charge in [-0.15, -0.1) is 0 Å². The number of hydrogen-bond acceptors (Lipinski definition) is 7. The van der Waals surface area contributed by atoms with E-state index in [-0.39, 0.29) is 17.5 Å². The number of pyridine rings is 1. The van der Waals surface area contributed by atoms with Crippen LogP contribution in [0.3, 0.4) is 0 Å². The lowest BCUT2D eigenvalue weighted by atomic mass is 10.1. The average molecular weight is 582 g/mol. The number of amides is 1. The van der Waals surface area contributed by atoms with Crippen LogP contribution in [-0.4, -0.2) is 55.6 Å². The van der Waals surface area contributed by atoms with E-state index in [1.165, 1.54) is 17.3 Å². The molecule has 4 heterocycles. The number of nitrogens with zero attached hydrogens (tertiary/aromatic N) is 5. The van der Waals surface area contributed by atoms with Crippen molar-refractivity contribution in [2.24, 2.45) is 0 Å². The molecule has 7 nitrogen and oxygen atoms in total. The second kappa shape index (κ2) is 11.6. The van der Waals surface area contributed by atoms with Gasteiger partial charge in [0.25, 0.3) is 11.5 Å². The van der Waals surface area contributed by atoms with Crippen molar-refractivity contribution in [3.63, 3.8) is 0 Å². The largest absolute Gasteiger partial charge is 0.353 e. The first kappa shape index (κ1) is 27.4. The summed E-state index contributed by atoms with van der Waals surface area (Å²) < 4.78 is 2.06. The van der Waals surface area contributed by atoms with Crippen molar-refractivity contribution >= 4 is 51.7 Å². The van der Waals surface area contributed by atoms with Crippen molar-refractivity contribution < 1.29 is 4.79 Å². The number of aryl methyl sites for hydroxylation is 1. The fourth-order valence-corrected chi connectivity index (χ4v) is 6.80. The van der Waals surface area contributed by atoms with E-state index in [9.17, 15) is 9.59 Å². The quantitative estimate of drug-likeness (QED) is 0.227. The van der Waals surface area contributed by atoms with Gasteiger partial charge < -0.3 is 4.90 Å². The Morgan fingerprint density at radius 1 is 0.951 bits per heavy atom. The Balaban J connectivity index is 1.33. The number of aromatic nitrogens is 2. The van der Waals surface area contributed by atoms with E-state index in [2.05, 4.69) is 34.1 Å². The lowest BCUT2D eigenvalue weighted by molar-refractivity contribution is -0.123. The second-order valence-electron chi connectivity index (χ2n) is 10.5. The predicted octanol–water partition coefficient (Wildman–Crippen LogP) is 5.29. The van der Waals surface area contributed by atoms with E-state index in [1.807, 2.05) is 62.4 Å². The maximum atomic E-state index is 13.9. The number of hydrogen-bond donors (Lipinski definition) is 0. The Morgan fingerprint density at radius 3 is 2.34 bits per heavy atom. The summed E-state index contributed by atoms with van der Waals surface area (Å²) in [7, 11) is 0. The molecule has 2 saturated heterocycles. The van der Waals surface area contributed by atoms with Gasteiger partial charge in [-0.2, -0.15) is 0 Å². The van der Waals surface area contributed by atoms with E-state index < -0.39 is 0 Å². The molecular formula is C32H31N5O2S2. The van der Waals surface area contributed by atoms with Gasteiger partial charge in [0.05, 0.1) is 16.5 Å². The summed E-state index contributed by atoms with van der Waals surface area (Å²) in [5.74, 6) is 0.420. The molecule has 6 rings (SSSR count). The summed E-state index contributed by atoms with van der Waals surface area (Å²) in [6, 6.07) is 23.9. The number of carbonyl (C=O) groups excluding carboxylic acids is 1. The van der Waals surface area contributed by atoms with Crippen LogP contribution >= 0.6 is 24.0 Å². The number of thioether (sulfide) groups is 1. The summed E-state index contributed by atoms with van der Waals surface area (Å²) >= 11 is 6.89. The van der Waals surface area contributed by atoms with E-state index in [4.69, 9.17) is 17.2 Å². The van der Waals surface area contributed by atoms with Crippen molar-refractivity contribution in [3.8, 4) is 0 Å². The molecule has 0 spiro atoms. The maximum Gasteiger partial charge on any atom is 0.267 e. The van der Waals surface area contributed by atoms with E-state index in [1.54, 1.807) is 21.6 Å². The molecule has 1 atom stereocenters. The molecule has 2 aromatic carbocycles. The average Bonchev–Trinajstić information content (AvgIpc) is 3.27. The fraction of sp³-hybridized carbons (Fsp3) is 0.250. The summed E-state index contributed by atoms with van der Waals surface area (Å²) in [5.41, 5.74) is 4.05. The number of rotatable bonds is 6. The Morgan fingerprint density at radius 2 is 1.63 bits per heavy atom. The summed E-state index contributed by atoms with van der Waals surface area (Å²) in [4.78, 5) is 39.2. The minimum absolute atomic E-state index is 0.191. The Bertz CT molecular complexity index is 1700. The molecule has 208 valence electrons. The Kier molecular flexibility index (Phi) is 7.75. The van der Waals surface area contributed by atoms with Crippen LogP contribution in [0, 0.1) is 6.92 Å². The molecule has 0 radical (unpaired) electrons. The molecule has 4 aromatic rings. The first-order valence-corrected chi connectivity index (χ1v) is 15.0. The van der Waals surface area contributed by atoms with Crippen LogP contribution < -0.4 is 10.5 Å². The van der Waals surface area contributed by atoms with Crippen molar-refractivity contribution in [2.45, 2.75) is 26.4 Å². The van der Waals surface area contributed by atoms with Gasteiger partial charge in [-0.25, -0.2) is 4.98 Å². The molecule has 0 unspecified atom stereocenters. The van der Waals surface area contributed by atoms with E-state index in [0.29, 0.717) is 26.3 Å². The van der Waals surface area contributed by atoms with Crippen molar-refractivity contribution in [1.82, 2.24) is 19.2 Å². The lowest BCUT2D eigenvalue weighted by Crippen LogP contribution is -2.47. The van der Waals surface area contributed by atoms with Crippen molar-refractivity contribution in [3.05, 3.63) is 117 Å². The first-order chi connectivity index (χ1) is 19.9. The topological polar surface area (TPSA) is 61.2 Å². The van der Waals surface area contributed by atoms with Crippen LogP contribution in [0.4, 0.5) is 5.82 Å². The third-order valence-corrected chi connectivity index (χ3v) is 9.00. The van der Waals surface area contributed by atoms with Crippen molar-refractivity contribution in [2.75, 3.05) is 31.1 Å². The van der Waals surface area contributed by atoms with Crippen molar-refractivity contribution in [1.29, 1.82) is 0 Å². The molecule has 0 bridgehead atoms. The summed E-state index contributed by atoms with van der Waals surface area (Å²) in [6.45, 7) is 7.96. The van der Waals surface area contributed by atoms with Crippen LogP contribution in [0.25, 0.3) is 11.7 Å². The minimum Gasteiger partial charge on any atom is -0.353 e.